The van der Waals surface area contributed by atoms with Crippen LogP contribution in [0, 0.1) is 5.82 Å². The molecule has 19 heavy (non-hydrogen) atoms. The van der Waals surface area contributed by atoms with Gasteiger partial charge < -0.3 is 10.2 Å². The van der Waals surface area contributed by atoms with E-state index in [1.54, 1.807) is 6.07 Å². The van der Waals surface area contributed by atoms with E-state index < -0.39 is 0 Å². The fourth-order valence-electron chi connectivity index (χ4n) is 1.86. The summed E-state index contributed by atoms with van der Waals surface area (Å²) in [6, 6.07) is 12.8. The molecule has 0 heterocycles. The molecule has 0 fully saturated rings. The number of benzene rings is 2. The summed E-state index contributed by atoms with van der Waals surface area (Å²) in [5.41, 5.74) is 2.97. The summed E-state index contributed by atoms with van der Waals surface area (Å²) in [5, 5.41) is 3.46. The highest BCUT2D eigenvalue weighted by molar-refractivity contribution is 6.30. The highest BCUT2D eigenvalue weighted by atomic mass is 35.5. The fraction of sp³-hybridized carbons (Fsp3) is 0.200. The number of para-hydroxylation sites is 2. The maximum atomic E-state index is 13.3. The van der Waals surface area contributed by atoms with Gasteiger partial charge in [0.2, 0.25) is 0 Å². The molecule has 0 saturated heterocycles. The minimum atomic E-state index is -0.387. The van der Waals surface area contributed by atoms with Gasteiger partial charge in [-0.15, -0.1) is 0 Å². The normalized spacial score (nSPS) is 10.3. The van der Waals surface area contributed by atoms with Crippen LogP contribution in [0.15, 0.2) is 42.5 Å². The number of halogens is 2. The van der Waals surface area contributed by atoms with Crippen LogP contribution < -0.4 is 10.2 Å². The molecule has 0 aliphatic carbocycles. The molecule has 0 aromatic heterocycles. The Balaban J connectivity index is 2.12. The monoisotopic (exact) mass is 278 g/mol. The van der Waals surface area contributed by atoms with E-state index in [1.165, 1.54) is 6.07 Å². The molecule has 0 bridgehead atoms. The zero-order valence-electron chi connectivity index (χ0n) is 11.0. The van der Waals surface area contributed by atoms with Crippen molar-refractivity contribution in [2.45, 2.75) is 6.54 Å². The molecular formula is C15H16ClFN2. The zero-order valence-corrected chi connectivity index (χ0v) is 11.7. The summed E-state index contributed by atoms with van der Waals surface area (Å²) in [7, 11) is 3.98. The molecule has 0 atom stereocenters. The molecule has 1 N–H and O–H groups in total. The lowest BCUT2D eigenvalue weighted by atomic mass is 10.2. The van der Waals surface area contributed by atoms with E-state index in [0.717, 1.165) is 16.9 Å². The van der Waals surface area contributed by atoms with E-state index in [4.69, 9.17) is 11.6 Å². The lowest BCUT2D eigenvalue weighted by Gasteiger charge is -2.18. The molecule has 0 aliphatic rings. The predicted octanol–water partition coefficient (Wildman–Crippen LogP) is 4.16. The molecule has 2 aromatic rings. The van der Waals surface area contributed by atoms with Gasteiger partial charge in [0.25, 0.3) is 0 Å². The van der Waals surface area contributed by atoms with Gasteiger partial charge in [-0.05, 0) is 29.8 Å². The van der Waals surface area contributed by atoms with Gasteiger partial charge in [0, 0.05) is 20.6 Å². The minimum absolute atomic E-state index is 0.150. The number of hydrogen-bond acceptors (Lipinski definition) is 2. The first kappa shape index (κ1) is 13.7. The van der Waals surface area contributed by atoms with Crippen molar-refractivity contribution in [3.63, 3.8) is 0 Å². The van der Waals surface area contributed by atoms with Crippen molar-refractivity contribution >= 4 is 23.0 Å². The average molecular weight is 279 g/mol. The highest BCUT2D eigenvalue weighted by Crippen LogP contribution is 2.24. The van der Waals surface area contributed by atoms with Crippen LogP contribution in [0.2, 0.25) is 5.02 Å². The number of nitrogens with zero attached hydrogens (tertiary/aromatic N) is 1. The SMILES string of the molecule is CN(C)c1ccccc1NCc1ccc(Cl)c(F)c1. The smallest absolute Gasteiger partial charge is 0.142 e. The fourth-order valence-corrected chi connectivity index (χ4v) is 1.98. The van der Waals surface area contributed by atoms with Gasteiger partial charge in [-0.3, -0.25) is 0 Å². The molecule has 0 amide bonds. The Morgan fingerprint density at radius 3 is 2.58 bits per heavy atom. The standard InChI is InChI=1S/C15H16ClFN2/c1-19(2)15-6-4-3-5-14(15)18-10-11-7-8-12(16)13(17)9-11/h3-9,18H,10H2,1-2H3. The van der Waals surface area contributed by atoms with Crippen molar-refractivity contribution in [2.75, 3.05) is 24.3 Å². The van der Waals surface area contributed by atoms with Crippen LogP contribution in [-0.2, 0) is 6.54 Å². The predicted molar refractivity (Wildman–Crippen MR) is 79.5 cm³/mol. The summed E-state index contributed by atoms with van der Waals surface area (Å²) in [6.07, 6.45) is 0. The molecule has 4 heteroatoms. The maximum Gasteiger partial charge on any atom is 0.142 e. The van der Waals surface area contributed by atoms with Crippen LogP contribution in [0.5, 0.6) is 0 Å². The third-order valence-corrected chi connectivity index (χ3v) is 3.16. The first-order valence-corrected chi connectivity index (χ1v) is 6.40. The second-order valence-electron chi connectivity index (χ2n) is 4.51. The van der Waals surface area contributed by atoms with Crippen LogP contribution >= 0.6 is 11.6 Å². The quantitative estimate of drug-likeness (QED) is 0.903. The Hall–Kier alpha value is -1.74. The van der Waals surface area contributed by atoms with E-state index in [2.05, 4.69) is 5.32 Å². The number of hydrogen-bond donors (Lipinski definition) is 1. The Morgan fingerprint density at radius 2 is 1.89 bits per heavy atom. The average Bonchev–Trinajstić information content (AvgIpc) is 2.40. The van der Waals surface area contributed by atoms with E-state index in [9.17, 15) is 4.39 Å². The lowest BCUT2D eigenvalue weighted by Crippen LogP contribution is -2.12. The molecule has 2 aromatic carbocycles. The minimum Gasteiger partial charge on any atom is -0.379 e. The van der Waals surface area contributed by atoms with Gasteiger partial charge in [0.15, 0.2) is 0 Å². The van der Waals surface area contributed by atoms with Gasteiger partial charge in [-0.25, -0.2) is 4.39 Å². The zero-order chi connectivity index (χ0) is 13.8. The van der Waals surface area contributed by atoms with Gasteiger partial charge in [0.1, 0.15) is 5.82 Å². The van der Waals surface area contributed by atoms with Crippen molar-refractivity contribution in [2.24, 2.45) is 0 Å². The Bertz CT molecular complexity index is 570. The van der Waals surface area contributed by atoms with Crippen molar-refractivity contribution < 1.29 is 4.39 Å². The van der Waals surface area contributed by atoms with E-state index in [-0.39, 0.29) is 10.8 Å². The third kappa shape index (κ3) is 3.38. The first-order valence-electron chi connectivity index (χ1n) is 6.02. The Kier molecular flexibility index (Phi) is 4.27. The van der Waals surface area contributed by atoms with Crippen LogP contribution in [0.4, 0.5) is 15.8 Å². The molecule has 0 aliphatic heterocycles. The van der Waals surface area contributed by atoms with Crippen LogP contribution in [0.1, 0.15) is 5.56 Å². The molecule has 2 rings (SSSR count). The van der Waals surface area contributed by atoms with Gasteiger partial charge in [0.05, 0.1) is 16.4 Å². The number of rotatable bonds is 4. The van der Waals surface area contributed by atoms with Crippen molar-refractivity contribution in [1.29, 1.82) is 0 Å². The summed E-state index contributed by atoms with van der Waals surface area (Å²) in [5.74, 6) is -0.387. The molecule has 0 spiro atoms. The van der Waals surface area contributed by atoms with Crippen molar-refractivity contribution in [3.05, 3.63) is 58.9 Å². The molecular weight excluding hydrogens is 263 g/mol. The van der Waals surface area contributed by atoms with Crippen LogP contribution in [-0.4, -0.2) is 14.1 Å². The summed E-state index contributed by atoms with van der Waals surface area (Å²) >= 11 is 5.66. The van der Waals surface area contributed by atoms with Crippen molar-refractivity contribution in [1.82, 2.24) is 0 Å². The molecule has 100 valence electrons. The molecule has 0 radical (unpaired) electrons. The van der Waals surface area contributed by atoms with E-state index in [0.29, 0.717) is 6.54 Å². The number of anilines is 2. The second-order valence-corrected chi connectivity index (χ2v) is 4.92. The highest BCUT2D eigenvalue weighted by Gasteiger charge is 2.04. The number of nitrogens with one attached hydrogen (secondary N) is 1. The van der Waals surface area contributed by atoms with Gasteiger partial charge >= 0.3 is 0 Å². The lowest BCUT2D eigenvalue weighted by molar-refractivity contribution is 0.626. The van der Waals surface area contributed by atoms with Gasteiger partial charge in [-0.2, -0.15) is 0 Å². The molecule has 2 nitrogen and oxygen atoms in total. The summed E-state index contributed by atoms with van der Waals surface area (Å²) in [4.78, 5) is 2.03. The first-order chi connectivity index (χ1) is 9.08. The topological polar surface area (TPSA) is 15.3 Å². The van der Waals surface area contributed by atoms with E-state index in [1.807, 2.05) is 49.3 Å². The van der Waals surface area contributed by atoms with Crippen LogP contribution in [0.25, 0.3) is 0 Å². The Morgan fingerprint density at radius 1 is 1.16 bits per heavy atom. The largest absolute Gasteiger partial charge is 0.379 e. The third-order valence-electron chi connectivity index (χ3n) is 2.85. The Labute approximate surface area is 117 Å². The van der Waals surface area contributed by atoms with Crippen LogP contribution in [0.3, 0.4) is 0 Å². The van der Waals surface area contributed by atoms with Gasteiger partial charge in [-0.1, -0.05) is 29.8 Å². The summed E-state index contributed by atoms with van der Waals surface area (Å²) < 4.78 is 13.3. The maximum absolute atomic E-state index is 13.3. The van der Waals surface area contributed by atoms with Crippen molar-refractivity contribution in [3.8, 4) is 0 Å². The molecule has 0 saturated carbocycles. The molecule has 0 unspecified atom stereocenters. The van der Waals surface area contributed by atoms with E-state index >= 15 is 0 Å². The summed E-state index contributed by atoms with van der Waals surface area (Å²) in [6.45, 7) is 0.555. The second kappa shape index (κ2) is 5.93.